The fourth-order valence-corrected chi connectivity index (χ4v) is 5.35. The van der Waals surface area contributed by atoms with E-state index in [-0.39, 0.29) is 0 Å². The largest absolute Gasteiger partial charge is 0.205 e. The minimum atomic E-state index is 1.20. The summed E-state index contributed by atoms with van der Waals surface area (Å²) in [6.07, 6.45) is 41.8. The van der Waals surface area contributed by atoms with Gasteiger partial charge in [-0.1, -0.05) is 155 Å². The van der Waals surface area contributed by atoms with E-state index in [4.69, 9.17) is 0 Å². The normalized spacial score (nSPS) is 11.4. The summed E-state index contributed by atoms with van der Waals surface area (Å²) in [5.74, 6) is 0. The van der Waals surface area contributed by atoms with Gasteiger partial charge < -0.3 is 0 Å². The van der Waals surface area contributed by atoms with Crippen molar-refractivity contribution in [2.75, 3.05) is 0 Å². The fraction of sp³-hybridized carbons (Fsp3) is 0.853. The molecular formula is C34H64N+. The van der Waals surface area contributed by atoms with Gasteiger partial charge in [0.25, 0.3) is 0 Å². The maximum atomic E-state index is 2.44. The fourth-order valence-electron chi connectivity index (χ4n) is 5.35. The van der Waals surface area contributed by atoms with Gasteiger partial charge in [-0.2, -0.15) is 0 Å². The molecule has 0 unspecified atom stereocenters. The number of hydrogen-bond acceptors (Lipinski definition) is 0. The minimum Gasteiger partial charge on any atom is -0.205 e. The molecular weight excluding hydrogens is 422 g/mol. The topological polar surface area (TPSA) is 3.88 Å². The first kappa shape index (κ1) is 32.2. The Kier molecular flexibility index (Phi) is 24.1. The second-order valence-corrected chi connectivity index (χ2v) is 11.3. The average molecular weight is 487 g/mol. The Morgan fingerprint density at radius 2 is 0.829 bits per heavy atom. The van der Waals surface area contributed by atoms with E-state index in [1.54, 1.807) is 0 Å². The van der Waals surface area contributed by atoms with Gasteiger partial charge in [-0.15, -0.1) is 0 Å². The summed E-state index contributed by atoms with van der Waals surface area (Å²) < 4.78 is 2.44. The Labute approximate surface area is 221 Å². The van der Waals surface area contributed by atoms with Crippen LogP contribution in [0.3, 0.4) is 0 Å². The molecule has 0 spiro atoms. The van der Waals surface area contributed by atoms with Gasteiger partial charge >= 0.3 is 0 Å². The van der Waals surface area contributed by atoms with Crippen molar-refractivity contribution in [3.05, 3.63) is 30.1 Å². The lowest BCUT2D eigenvalue weighted by Gasteiger charge is -2.04. The smallest absolute Gasteiger partial charge is 0.171 e. The maximum Gasteiger partial charge on any atom is 0.171 e. The Hall–Kier alpha value is -0.850. The predicted molar refractivity (Wildman–Crippen MR) is 157 cm³/mol. The van der Waals surface area contributed by atoms with Crippen LogP contribution in [-0.4, -0.2) is 0 Å². The quantitative estimate of drug-likeness (QED) is 0.0859. The standard InChI is InChI=1S/C34H64N/c1-3-5-7-9-11-13-14-15-16-17-18-19-21-23-25-27-31-35-32-28-30-34(33-35)29-26-24-22-20-12-10-8-6-4-2/h28,30,32-33H,3-27,29,31H2,1-2H3/q+1. The second kappa shape index (κ2) is 26.2. The molecule has 0 saturated carbocycles. The van der Waals surface area contributed by atoms with Crippen LogP contribution in [0.5, 0.6) is 0 Å². The van der Waals surface area contributed by atoms with Crippen LogP contribution in [0.4, 0.5) is 0 Å². The molecule has 0 fully saturated rings. The van der Waals surface area contributed by atoms with Gasteiger partial charge in [-0.25, -0.2) is 4.57 Å². The van der Waals surface area contributed by atoms with Gasteiger partial charge in [-0.3, -0.25) is 0 Å². The molecule has 0 N–H and O–H groups in total. The number of nitrogens with zero attached hydrogens (tertiary/aromatic N) is 1. The van der Waals surface area contributed by atoms with Crippen molar-refractivity contribution in [2.45, 2.75) is 187 Å². The zero-order valence-corrected chi connectivity index (χ0v) is 24.3. The summed E-state index contributed by atoms with van der Waals surface area (Å²) in [4.78, 5) is 0. The third-order valence-corrected chi connectivity index (χ3v) is 7.76. The first-order valence-corrected chi connectivity index (χ1v) is 16.3. The van der Waals surface area contributed by atoms with E-state index in [1.165, 1.54) is 179 Å². The van der Waals surface area contributed by atoms with Crippen molar-refractivity contribution in [3.8, 4) is 0 Å². The molecule has 0 atom stereocenters. The monoisotopic (exact) mass is 487 g/mol. The van der Waals surface area contributed by atoms with Crippen LogP contribution < -0.4 is 4.57 Å². The van der Waals surface area contributed by atoms with Crippen LogP contribution in [-0.2, 0) is 13.0 Å². The number of aryl methyl sites for hydroxylation is 2. The zero-order valence-electron chi connectivity index (χ0n) is 24.3. The molecule has 1 heterocycles. The maximum absolute atomic E-state index is 2.44. The van der Waals surface area contributed by atoms with Gasteiger partial charge in [0.05, 0.1) is 0 Å². The molecule has 204 valence electrons. The summed E-state index contributed by atoms with van der Waals surface area (Å²) in [6.45, 7) is 5.80. The highest BCUT2D eigenvalue weighted by Gasteiger charge is 2.03. The van der Waals surface area contributed by atoms with Gasteiger partial charge in [-0.05, 0) is 25.3 Å². The van der Waals surface area contributed by atoms with Crippen molar-refractivity contribution in [1.29, 1.82) is 0 Å². The Morgan fingerprint density at radius 1 is 0.457 bits per heavy atom. The van der Waals surface area contributed by atoms with Crippen LogP contribution in [0, 0.1) is 0 Å². The van der Waals surface area contributed by atoms with E-state index >= 15 is 0 Å². The molecule has 0 bridgehead atoms. The van der Waals surface area contributed by atoms with Crippen LogP contribution in [0.2, 0.25) is 0 Å². The molecule has 35 heavy (non-hydrogen) atoms. The van der Waals surface area contributed by atoms with Crippen LogP contribution in [0.1, 0.15) is 180 Å². The highest BCUT2D eigenvalue weighted by molar-refractivity contribution is 5.05. The average Bonchev–Trinajstić information content (AvgIpc) is 2.88. The molecule has 0 aliphatic rings. The van der Waals surface area contributed by atoms with E-state index in [0.29, 0.717) is 0 Å². The summed E-state index contributed by atoms with van der Waals surface area (Å²) >= 11 is 0. The number of rotatable bonds is 27. The van der Waals surface area contributed by atoms with Gasteiger partial charge in [0.2, 0.25) is 0 Å². The third kappa shape index (κ3) is 22.1. The molecule has 1 aromatic rings. The molecule has 0 aliphatic carbocycles. The second-order valence-electron chi connectivity index (χ2n) is 11.3. The van der Waals surface area contributed by atoms with E-state index in [1.807, 2.05) is 0 Å². The molecule has 0 aliphatic heterocycles. The molecule has 1 aromatic heterocycles. The Morgan fingerprint density at radius 3 is 1.26 bits per heavy atom. The SMILES string of the molecule is CCCCCCCCCCCCCCCCCC[n+]1cccc(CCCCCCCCCCC)c1. The van der Waals surface area contributed by atoms with E-state index in [9.17, 15) is 0 Å². The van der Waals surface area contributed by atoms with Gasteiger partial charge in [0, 0.05) is 18.1 Å². The highest BCUT2D eigenvalue weighted by atomic mass is 14.9. The summed E-state index contributed by atoms with van der Waals surface area (Å²) in [5, 5.41) is 0. The molecule has 1 nitrogen and oxygen atoms in total. The minimum absolute atomic E-state index is 1.20. The number of hydrogen-bond donors (Lipinski definition) is 0. The predicted octanol–water partition coefficient (Wildman–Crippen LogP) is 11.3. The van der Waals surface area contributed by atoms with Crippen LogP contribution in [0.25, 0.3) is 0 Å². The van der Waals surface area contributed by atoms with Crippen LogP contribution >= 0.6 is 0 Å². The third-order valence-electron chi connectivity index (χ3n) is 7.76. The Balaban J connectivity index is 1.88. The van der Waals surface area contributed by atoms with E-state index in [2.05, 4.69) is 42.9 Å². The number of aromatic nitrogens is 1. The molecule has 1 heteroatoms. The highest BCUT2D eigenvalue weighted by Crippen LogP contribution is 2.14. The first-order valence-electron chi connectivity index (χ1n) is 16.3. The van der Waals surface area contributed by atoms with Gasteiger partial charge in [0.15, 0.2) is 12.4 Å². The molecule has 0 radical (unpaired) electrons. The van der Waals surface area contributed by atoms with Gasteiger partial charge in [0.1, 0.15) is 6.54 Å². The van der Waals surface area contributed by atoms with E-state index in [0.717, 1.165) is 0 Å². The Bertz CT molecular complexity index is 537. The van der Waals surface area contributed by atoms with E-state index < -0.39 is 0 Å². The van der Waals surface area contributed by atoms with Crippen molar-refractivity contribution in [1.82, 2.24) is 0 Å². The lowest BCUT2D eigenvalue weighted by molar-refractivity contribution is -0.697. The first-order chi connectivity index (χ1) is 17.4. The summed E-state index contributed by atoms with van der Waals surface area (Å²) in [5.41, 5.74) is 1.53. The lowest BCUT2D eigenvalue weighted by Crippen LogP contribution is -2.33. The molecule has 1 rings (SSSR count). The van der Waals surface area contributed by atoms with Crippen molar-refractivity contribution >= 4 is 0 Å². The number of unbranched alkanes of at least 4 members (excludes halogenated alkanes) is 23. The molecule has 0 saturated heterocycles. The molecule has 0 aromatic carbocycles. The number of pyridine rings is 1. The van der Waals surface area contributed by atoms with Crippen molar-refractivity contribution in [3.63, 3.8) is 0 Å². The summed E-state index contributed by atoms with van der Waals surface area (Å²) in [6, 6.07) is 4.59. The summed E-state index contributed by atoms with van der Waals surface area (Å²) in [7, 11) is 0. The zero-order chi connectivity index (χ0) is 25.1. The van der Waals surface area contributed by atoms with Crippen LogP contribution in [0.15, 0.2) is 24.5 Å². The van der Waals surface area contributed by atoms with Crippen molar-refractivity contribution < 1.29 is 4.57 Å². The van der Waals surface area contributed by atoms with Crippen molar-refractivity contribution in [2.24, 2.45) is 0 Å². The molecule has 0 amide bonds. The lowest BCUT2D eigenvalue weighted by atomic mass is 10.0.